The Kier molecular flexibility index (Phi) is 13.1. The third-order valence-corrected chi connectivity index (χ3v) is 10.2. The van der Waals surface area contributed by atoms with E-state index in [0.29, 0.717) is 35.9 Å². The Hall–Kier alpha value is -3.88. The number of carboxylic acid groups (broad SMARTS) is 1. The molecule has 2 aliphatic heterocycles. The number of fused-ring (bicyclic) bond motifs is 3. The molecule has 0 bridgehead atoms. The Morgan fingerprint density at radius 2 is 1.83 bits per heavy atom. The number of methoxy groups -OCH3 is 1. The molecule has 4 aliphatic rings. The second-order valence-corrected chi connectivity index (χ2v) is 13.7. The molecule has 2 aliphatic carbocycles. The van der Waals surface area contributed by atoms with E-state index in [0.717, 1.165) is 44.9 Å². The second kappa shape index (κ2) is 17.3. The maximum Gasteiger partial charge on any atom is 1.00 e. The van der Waals surface area contributed by atoms with Crippen LogP contribution in [0, 0.1) is 5.92 Å². The molecular formula is C37H45N4NaO10. The number of alkyl carbamates (subject to hydrolysis) is 1. The summed E-state index contributed by atoms with van der Waals surface area (Å²) in [5.41, 5.74) is -1.33. The van der Waals surface area contributed by atoms with Gasteiger partial charge in [-0.1, -0.05) is 25.0 Å². The predicted octanol–water partition coefficient (Wildman–Crippen LogP) is -0.0451. The minimum atomic E-state index is -1.51. The topological polar surface area (TPSA) is 186 Å². The van der Waals surface area contributed by atoms with Crippen molar-refractivity contribution in [1.82, 2.24) is 20.5 Å². The molecule has 1 aromatic carbocycles. The summed E-state index contributed by atoms with van der Waals surface area (Å²) in [5.74, 6) is -2.70. The summed E-state index contributed by atoms with van der Waals surface area (Å²) in [6, 6.07) is 4.14. The second-order valence-electron chi connectivity index (χ2n) is 13.7. The molecule has 3 heterocycles. The summed E-state index contributed by atoms with van der Waals surface area (Å²) < 4.78 is 22.7. The number of rotatable bonds is 8. The number of carboxylic acids is 1. The average molecular weight is 729 g/mol. The van der Waals surface area contributed by atoms with E-state index in [-0.39, 0.29) is 72.6 Å². The summed E-state index contributed by atoms with van der Waals surface area (Å²) in [6.07, 6.45) is 9.57. The quantitative estimate of drug-likeness (QED) is 0.211. The van der Waals surface area contributed by atoms with Gasteiger partial charge in [0.2, 0.25) is 11.8 Å². The van der Waals surface area contributed by atoms with Crippen molar-refractivity contribution < 1.29 is 77.6 Å². The van der Waals surface area contributed by atoms with Crippen LogP contribution in [0.1, 0.15) is 88.0 Å². The van der Waals surface area contributed by atoms with Gasteiger partial charge < -0.3 is 44.4 Å². The number of hydrogen-bond donors (Lipinski definition) is 2. The van der Waals surface area contributed by atoms with Gasteiger partial charge in [-0.2, -0.15) is 0 Å². The first-order valence-electron chi connectivity index (χ1n) is 17.9. The van der Waals surface area contributed by atoms with Crippen molar-refractivity contribution in [3.63, 3.8) is 0 Å². The van der Waals surface area contributed by atoms with E-state index < -0.39 is 53.6 Å². The molecule has 3 amide bonds. The maximum absolute atomic E-state index is 14.4. The molecule has 6 rings (SSSR count). The number of aromatic carboxylic acids is 1. The molecule has 5 atom stereocenters. The van der Waals surface area contributed by atoms with Crippen LogP contribution in [-0.4, -0.2) is 89.8 Å². The van der Waals surface area contributed by atoms with Gasteiger partial charge in [0.05, 0.1) is 37.4 Å². The van der Waals surface area contributed by atoms with Gasteiger partial charge in [0, 0.05) is 29.9 Å². The van der Waals surface area contributed by atoms with Crippen molar-refractivity contribution >= 4 is 40.7 Å². The van der Waals surface area contributed by atoms with E-state index in [1.165, 1.54) is 18.1 Å². The largest absolute Gasteiger partial charge is 1.00 e. The number of benzene rings is 1. The molecule has 274 valence electrons. The fraction of sp³-hybridized carbons (Fsp3) is 0.568. The molecule has 2 aromatic rings. The van der Waals surface area contributed by atoms with Crippen molar-refractivity contribution in [2.24, 2.45) is 5.92 Å². The molecule has 1 unspecified atom stereocenters. The van der Waals surface area contributed by atoms with Crippen molar-refractivity contribution in [2.45, 2.75) is 107 Å². The SMILES string of the molecule is CCOC(=O)[C@@]12CC1/C=C\CCCCC[C@H](NC(=O)OC1CCCC1)C(=O)N1C[C@H](Oc3cc(C(=O)[O-])nc4cc(OC)ccc34)C[C@H]1C(=O)N2.[Na+]. The Bertz CT molecular complexity index is 1700. The summed E-state index contributed by atoms with van der Waals surface area (Å²) in [6.45, 7) is 1.79. The van der Waals surface area contributed by atoms with Crippen LogP contribution in [0.15, 0.2) is 36.4 Å². The molecule has 0 spiro atoms. The molecule has 14 nitrogen and oxygen atoms in total. The molecule has 2 saturated carbocycles. The maximum atomic E-state index is 14.4. The van der Waals surface area contributed by atoms with E-state index >= 15 is 0 Å². The van der Waals surface area contributed by atoms with Gasteiger partial charge in [-0.25, -0.2) is 14.6 Å². The van der Waals surface area contributed by atoms with Crippen LogP contribution in [-0.2, 0) is 23.9 Å². The van der Waals surface area contributed by atoms with Gasteiger partial charge in [0.1, 0.15) is 41.3 Å². The Labute approximate surface area is 324 Å². The number of amides is 3. The molecule has 3 fully saturated rings. The van der Waals surface area contributed by atoms with E-state index in [2.05, 4.69) is 15.6 Å². The van der Waals surface area contributed by atoms with Crippen molar-refractivity contribution in [3.05, 3.63) is 42.1 Å². The third kappa shape index (κ3) is 8.83. The normalized spacial score (nSPS) is 27.1. The van der Waals surface area contributed by atoms with Gasteiger partial charge in [-0.15, -0.1) is 0 Å². The number of carbonyl (C=O) groups excluding carboxylic acids is 5. The molecule has 1 aromatic heterocycles. The smallest absolute Gasteiger partial charge is 0.543 e. The summed E-state index contributed by atoms with van der Waals surface area (Å²) in [4.78, 5) is 72.4. The minimum Gasteiger partial charge on any atom is -0.543 e. The zero-order chi connectivity index (χ0) is 36.1. The van der Waals surface area contributed by atoms with Gasteiger partial charge >= 0.3 is 41.6 Å². The summed E-state index contributed by atoms with van der Waals surface area (Å²) in [7, 11) is 1.48. The number of nitrogens with one attached hydrogen (secondary N) is 2. The number of pyridine rings is 1. The van der Waals surface area contributed by atoms with Crippen LogP contribution in [0.3, 0.4) is 0 Å². The van der Waals surface area contributed by atoms with Crippen LogP contribution in [0.2, 0.25) is 0 Å². The molecule has 52 heavy (non-hydrogen) atoms. The zero-order valence-electron chi connectivity index (χ0n) is 30.0. The van der Waals surface area contributed by atoms with Gasteiger partial charge in [0.15, 0.2) is 0 Å². The Morgan fingerprint density at radius 3 is 2.56 bits per heavy atom. The van der Waals surface area contributed by atoms with E-state index in [1.54, 1.807) is 25.1 Å². The summed E-state index contributed by atoms with van der Waals surface area (Å²) >= 11 is 0. The first-order valence-corrected chi connectivity index (χ1v) is 17.9. The van der Waals surface area contributed by atoms with Crippen molar-refractivity contribution in [2.75, 3.05) is 20.3 Å². The molecule has 0 radical (unpaired) electrons. The Morgan fingerprint density at radius 1 is 1.06 bits per heavy atom. The van der Waals surface area contributed by atoms with E-state index in [9.17, 15) is 29.1 Å². The van der Waals surface area contributed by atoms with Gasteiger partial charge in [0.25, 0.3) is 0 Å². The van der Waals surface area contributed by atoms with E-state index in [1.807, 2.05) is 12.2 Å². The molecule has 2 N–H and O–H groups in total. The number of ether oxygens (including phenoxy) is 4. The fourth-order valence-corrected chi connectivity index (χ4v) is 7.41. The first-order chi connectivity index (χ1) is 24.6. The van der Waals surface area contributed by atoms with Crippen LogP contribution in [0.25, 0.3) is 10.9 Å². The van der Waals surface area contributed by atoms with Crippen LogP contribution < -0.4 is 54.8 Å². The number of carbonyl (C=O) groups is 5. The van der Waals surface area contributed by atoms with Crippen LogP contribution >= 0.6 is 0 Å². The van der Waals surface area contributed by atoms with Crippen molar-refractivity contribution in [1.29, 1.82) is 0 Å². The monoisotopic (exact) mass is 728 g/mol. The third-order valence-electron chi connectivity index (χ3n) is 10.2. The summed E-state index contributed by atoms with van der Waals surface area (Å²) in [5, 5.41) is 18.1. The van der Waals surface area contributed by atoms with Gasteiger partial charge in [-0.05, 0) is 70.4 Å². The van der Waals surface area contributed by atoms with Gasteiger partial charge in [-0.3, -0.25) is 9.59 Å². The number of nitrogens with zero attached hydrogens (tertiary/aromatic N) is 2. The molecule has 1 saturated heterocycles. The fourth-order valence-electron chi connectivity index (χ4n) is 7.41. The minimum absolute atomic E-state index is 0. The van der Waals surface area contributed by atoms with Crippen LogP contribution in [0.4, 0.5) is 4.79 Å². The van der Waals surface area contributed by atoms with E-state index in [4.69, 9.17) is 18.9 Å². The molecular weight excluding hydrogens is 683 g/mol. The number of hydrogen-bond acceptors (Lipinski definition) is 11. The number of aromatic nitrogens is 1. The first kappa shape index (κ1) is 39.3. The number of esters is 1. The molecule has 15 heteroatoms. The number of allylic oxidation sites excluding steroid dienone is 1. The zero-order valence-corrected chi connectivity index (χ0v) is 32.0. The Balaban J connectivity index is 0.00000523. The van der Waals surface area contributed by atoms with Crippen LogP contribution in [0.5, 0.6) is 11.5 Å². The predicted molar refractivity (Wildman–Crippen MR) is 181 cm³/mol. The van der Waals surface area contributed by atoms with Crippen molar-refractivity contribution in [3.8, 4) is 11.5 Å². The standard InChI is InChI=1S/C37H46N4O10.Na/c1-3-49-35(46)37-20-22(37)11-7-5-4-6-8-14-27(39-36(47)51-23-12-9-10-13-23)33(43)41-21-25(18-30(41)32(42)40-37)50-31-19-29(34(44)45)38-28-17-24(48-2)15-16-26(28)31;/h7,11,15-17,19,22-23,25,27,30H,3-6,8-10,12-14,18,20-21H2,1-2H3,(H,39,47)(H,40,42)(H,44,45);/q;+1/p-1/b11-7-;/t22?,25-,27+,30+,37-;/m1./s1. The average Bonchev–Trinajstić information content (AvgIpc) is 3.38.